The highest BCUT2D eigenvalue weighted by Gasteiger charge is 2.31. The van der Waals surface area contributed by atoms with E-state index >= 15 is 0 Å². The SMILES string of the molecule is COC(=O)c1csc(S(=O)(=O)N2CCN(C(=O)/C=C/c3cccc(Cl)c3)CC2)c1. The number of carbonyl (C=O) groups is 2. The Balaban J connectivity index is 1.61. The maximum Gasteiger partial charge on any atom is 0.338 e. The Morgan fingerprint density at radius 3 is 2.55 bits per heavy atom. The number of sulfonamides is 1. The van der Waals surface area contributed by atoms with Crippen LogP contribution < -0.4 is 0 Å². The van der Waals surface area contributed by atoms with Crippen molar-refractivity contribution in [1.82, 2.24) is 9.21 Å². The number of piperazine rings is 1. The van der Waals surface area contributed by atoms with Crippen LogP contribution in [0.25, 0.3) is 6.08 Å². The van der Waals surface area contributed by atoms with Crippen LogP contribution in [0, 0.1) is 0 Å². The van der Waals surface area contributed by atoms with E-state index in [1.54, 1.807) is 29.2 Å². The second-order valence-electron chi connectivity index (χ2n) is 6.26. The molecular formula is C19H19ClN2O5S2. The zero-order valence-electron chi connectivity index (χ0n) is 15.6. The normalized spacial score (nSPS) is 15.6. The molecule has 1 aliphatic rings. The zero-order valence-corrected chi connectivity index (χ0v) is 18.0. The lowest BCUT2D eigenvalue weighted by Crippen LogP contribution is -2.50. The number of amides is 1. The smallest absolute Gasteiger partial charge is 0.338 e. The minimum Gasteiger partial charge on any atom is -0.465 e. The summed E-state index contributed by atoms with van der Waals surface area (Å²) in [7, 11) is -2.48. The largest absolute Gasteiger partial charge is 0.465 e. The maximum atomic E-state index is 12.8. The van der Waals surface area contributed by atoms with Gasteiger partial charge in [0.1, 0.15) is 4.21 Å². The minimum absolute atomic E-state index is 0.0820. The number of hydrogen-bond donors (Lipinski definition) is 0. The third-order valence-electron chi connectivity index (χ3n) is 4.41. The monoisotopic (exact) mass is 454 g/mol. The number of ether oxygens (including phenoxy) is 1. The first-order chi connectivity index (χ1) is 13.8. The number of hydrogen-bond acceptors (Lipinski definition) is 6. The van der Waals surface area contributed by atoms with Crippen LogP contribution in [0.4, 0.5) is 0 Å². The van der Waals surface area contributed by atoms with E-state index < -0.39 is 16.0 Å². The van der Waals surface area contributed by atoms with Crippen molar-refractivity contribution in [1.29, 1.82) is 0 Å². The molecule has 1 aliphatic heterocycles. The summed E-state index contributed by atoms with van der Waals surface area (Å²) in [4.78, 5) is 25.5. The molecule has 0 aliphatic carbocycles. The summed E-state index contributed by atoms with van der Waals surface area (Å²) in [5.74, 6) is -0.768. The first kappa shape index (κ1) is 21.5. The van der Waals surface area contributed by atoms with Gasteiger partial charge in [0.2, 0.25) is 5.91 Å². The standard InChI is InChI=1S/C19H19ClN2O5S2/c1-27-19(24)15-12-18(28-13-15)29(25,26)22-9-7-21(8-10-22)17(23)6-5-14-3-2-4-16(20)11-14/h2-6,11-13H,7-10H2,1H3/b6-5+. The van der Waals surface area contributed by atoms with Gasteiger partial charge in [-0.1, -0.05) is 23.7 Å². The van der Waals surface area contributed by atoms with Crippen LogP contribution in [0.1, 0.15) is 15.9 Å². The summed E-state index contributed by atoms with van der Waals surface area (Å²) < 4.78 is 31.6. The minimum atomic E-state index is -3.72. The molecule has 7 nitrogen and oxygen atoms in total. The fourth-order valence-corrected chi connectivity index (χ4v) is 5.76. The van der Waals surface area contributed by atoms with Crippen LogP contribution in [0.15, 0.2) is 46.0 Å². The Morgan fingerprint density at radius 1 is 1.17 bits per heavy atom. The van der Waals surface area contributed by atoms with E-state index in [0.717, 1.165) is 16.9 Å². The van der Waals surface area contributed by atoms with Crippen molar-refractivity contribution in [2.24, 2.45) is 0 Å². The molecule has 0 N–H and O–H groups in total. The lowest BCUT2D eigenvalue weighted by atomic mass is 10.2. The molecule has 29 heavy (non-hydrogen) atoms. The maximum absolute atomic E-state index is 12.8. The van der Waals surface area contributed by atoms with Crippen molar-refractivity contribution < 1.29 is 22.7 Å². The molecule has 1 aromatic heterocycles. The highest BCUT2D eigenvalue weighted by atomic mass is 35.5. The van der Waals surface area contributed by atoms with Gasteiger partial charge in [-0.05, 0) is 29.8 Å². The first-order valence-corrected chi connectivity index (χ1v) is 11.4. The summed E-state index contributed by atoms with van der Waals surface area (Å²) in [6, 6.07) is 8.45. The first-order valence-electron chi connectivity index (χ1n) is 8.71. The number of carbonyl (C=O) groups excluding carboxylic acids is 2. The van der Waals surface area contributed by atoms with Gasteiger partial charge in [0.15, 0.2) is 0 Å². The van der Waals surface area contributed by atoms with Gasteiger partial charge in [0.05, 0.1) is 12.7 Å². The van der Waals surface area contributed by atoms with Crippen molar-refractivity contribution in [3.8, 4) is 0 Å². The molecule has 1 saturated heterocycles. The van der Waals surface area contributed by atoms with Crippen LogP contribution in [-0.4, -0.2) is 62.8 Å². The van der Waals surface area contributed by atoms with Gasteiger partial charge in [-0.2, -0.15) is 4.31 Å². The molecule has 0 atom stereocenters. The fraction of sp³-hybridized carbons (Fsp3) is 0.263. The number of halogens is 1. The van der Waals surface area contributed by atoms with Crippen LogP contribution in [0.2, 0.25) is 5.02 Å². The lowest BCUT2D eigenvalue weighted by Gasteiger charge is -2.33. The third-order valence-corrected chi connectivity index (χ3v) is 7.96. The lowest BCUT2D eigenvalue weighted by molar-refractivity contribution is -0.127. The molecule has 0 bridgehead atoms. The Bertz CT molecular complexity index is 1040. The van der Waals surface area contributed by atoms with E-state index in [0.29, 0.717) is 5.02 Å². The molecule has 0 unspecified atom stereocenters. The second-order valence-corrected chi connectivity index (χ2v) is 9.78. The molecule has 1 fully saturated rings. The van der Waals surface area contributed by atoms with Gasteiger partial charge >= 0.3 is 5.97 Å². The molecule has 2 aromatic rings. The number of benzene rings is 1. The Kier molecular flexibility index (Phi) is 6.74. The third kappa shape index (κ3) is 5.05. The van der Waals surface area contributed by atoms with Gasteiger partial charge in [-0.15, -0.1) is 11.3 Å². The second kappa shape index (κ2) is 9.08. The molecule has 2 heterocycles. The van der Waals surface area contributed by atoms with E-state index in [2.05, 4.69) is 4.74 Å². The van der Waals surface area contributed by atoms with Gasteiger partial charge in [-0.3, -0.25) is 4.79 Å². The van der Waals surface area contributed by atoms with Gasteiger partial charge in [0, 0.05) is 42.7 Å². The summed E-state index contributed by atoms with van der Waals surface area (Å²) in [5.41, 5.74) is 1.02. The van der Waals surface area contributed by atoms with Crippen molar-refractivity contribution in [3.05, 3.63) is 57.9 Å². The molecule has 0 saturated carbocycles. The number of nitrogens with zero attached hydrogens (tertiary/aromatic N) is 2. The van der Waals surface area contributed by atoms with Gasteiger partial charge < -0.3 is 9.64 Å². The van der Waals surface area contributed by atoms with E-state index in [-0.39, 0.29) is 41.9 Å². The van der Waals surface area contributed by atoms with Crippen molar-refractivity contribution in [2.75, 3.05) is 33.3 Å². The van der Waals surface area contributed by atoms with Crippen LogP contribution in [0.3, 0.4) is 0 Å². The average molecular weight is 455 g/mol. The zero-order chi connectivity index (χ0) is 21.0. The van der Waals surface area contributed by atoms with Crippen molar-refractivity contribution in [2.45, 2.75) is 4.21 Å². The quantitative estimate of drug-likeness (QED) is 0.512. The highest BCUT2D eigenvalue weighted by molar-refractivity contribution is 7.91. The molecule has 10 heteroatoms. The van der Waals surface area contributed by atoms with E-state index in [4.69, 9.17) is 11.6 Å². The summed E-state index contributed by atoms with van der Waals surface area (Å²) >= 11 is 6.90. The van der Waals surface area contributed by atoms with Crippen molar-refractivity contribution in [3.63, 3.8) is 0 Å². The topological polar surface area (TPSA) is 84.0 Å². The predicted molar refractivity (Wildman–Crippen MR) is 111 cm³/mol. The Labute approximate surface area is 178 Å². The van der Waals surface area contributed by atoms with Crippen LogP contribution in [0.5, 0.6) is 0 Å². The van der Waals surface area contributed by atoms with Crippen LogP contribution in [-0.2, 0) is 19.6 Å². The predicted octanol–water partition coefficient (Wildman–Crippen LogP) is 2.73. The molecule has 1 aromatic carbocycles. The molecule has 154 valence electrons. The number of esters is 1. The Morgan fingerprint density at radius 2 is 1.90 bits per heavy atom. The molecule has 3 rings (SSSR count). The van der Waals surface area contributed by atoms with Crippen LogP contribution >= 0.6 is 22.9 Å². The highest BCUT2D eigenvalue weighted by Crippen LogP contribution is 2.25. The van der Waals surface area contributed by atoms with E-state index in [1.165, 1.54) is 28.9 Å². The molecule has 0 spiro atoms. The molecular weight excluding hydrogens is 436 g/mol. The van der Waals surface area contributed by atoms with E-state index in [1.807, 2.05) is 6.07 Å². The summed E-state index contributed by atoms with van der Waals surface area (Å²) in [5, 5.41) is 2.04. The van der Waals surface area contributed by atoms with Gasteiger partial charge in [-0.25, -0.2) is 13.2 Å². The average Bonchev–Trinajstić information content (AvgIpc) is 3.23. The van der Waals surface area contributed by atoms with E-state index in [9.17, 15) is 18.0 Å². The number of rotatable bonds is 5. The molecule has 1 amide bonds. The Hall–Kier alpha value is -2.20. The number of methoxy groups -OCH3 is 1. The number of thiophene rings is 1. The van der Waals surface area contributed by atoms with Gasteiger partial charge in [0.25, 0.3) is 10.0 Å². The summed E-state index contributed by atoms with van der Waals surface area (Å²) in [6.45, 7) is 0.940. The molecule has 0 radical (unpaired) electrons. The van der Waals surface area contributed by atoms with Crippen molar-refractivity contribution >= 4 is 50.9 Å². The fourth-order valence-electron chi connectivity index (χ4n) is 2.84. The summed E-state index contributed by atoms with van der Waals surface area (Å²) in [6.07, 6.45) is 3.13.